The van der Waals surface area contributed by atoms with Crippen LogP contribution in [-0.4, -0.2) is 27.1 Å². The van der Waals surface area contributed by atoms with Crippen LogP contribution < -0.4 is 15.0 Å². The second-order valence-electron chi connectivity index (χ2n) is 6.40. The minimum Gasteiger partial charge on any atom is -0.493 e. The van der Waals surface area contributed by atoms with Gasteiger partial charge in [0, 0.05) is 0 Å². The van der Waals surface area contributed by atoms with Crippen LogP contribution in [0.4, 0.5) is 5.69 Å². The average molecular weight is 409 g/mol. The first-order valence-corrected chi connectivity index (χ1v) is 8.89. The number of ether oxygens (including phenoxy) is 2. The second-order valence-corrected chi connectivity index (χ2v) is 6.40. The van der Waals surface area contributed by atoms with Gasteiger partial charge in [-0.25, -0.2) is 0 Å². The van der Waals surface area contributed by atoms with Crippen molar-refractivity contribution in [1.82, 2.24) is 9.97 Å². The highest BCUT2D eigenvalue weighted by molar-refractivity contribution is 5.68. The van der Waals surface area contributed by atoms with Crippen LogP contribution in [0.3, 0.4) is 0 Å². The molecule has 0 saturated heterocycles. The van der Waals surface area contributed by atoms with Gasteiger partial charge < -0.3 is 19.6 Å². The fourth-order valence-electron chi connectivity index (χ4n) is 2.64. The molecule has 0 radical (unpaired) electrons. The summed E-state index contributed by atoms with van der Waals surface area (Å²) < 4.78 is 11.2. The topological polar surface area (TPSA) is 128 Å². The summed E-state index contributed by atoms with van der Waals surface area (Å²) in [5, 5.41) is 20.3. The molecule has 0 unspecified atom stereocenters. The fourth-order valence-corrected chi connectivity index (χ4v) is 2.64. The smallest absolute Gasteiger partial charge is 0.395 e. The van der Waals surface area contributed by atoms with Gasteiger partial charge in [0.05, 0.1) is 12.0 Å². The van der Waals surface area contributed by atoms with Gasteiger partial charge in [-0.2, -0.15) is 4.98 Å². The van der Waals surface area contributed by atoms with E-state index in [9.17, 15) is 20.0 Å². The van der Waals surface area contributed by atoms with Gasteiger partial charge in [0.15, 0.2) is 11.5 Å². The minimum atomic E-state index is -1.04. The number of nitro groups is 1. The molecule has 154 valence electrons. The number of methoxy groups -OCH3 is 1. The zero-order valence-corrected chi connectivity index (χ0v) is 16.3. The van der Waals surface area contributed by atoms with Gasteiger partial charge in [0.2, 0.25) is 0 Å². The standard InChI is InChI=1S/C21H19N3O6/c1-13-3-5-15(6-4-13)12-30-16-9-7-14(11-17(16)29-2)8-10-18-22-20(25)19(24(27)28)21(26)23-18/h3-11H,12H2,1-2H3,(H2,22,23,25,26)/b10-8-. The maximum atomic E-state index is 11.7. The van der Waals surface area contributed by atoms with Crippen LogP contribution in [0.1, 0.15) is 22.5 Å². The molecule has 2 aromatic carbocycles. The van der Waals surface area contributed by atoms with Crippen molar-refractivity contribution in [2.45, 2.75) is 13.5 Å². The van der Waals surface area contributed by atoms with E-state index in [1.807, 2.05) is 31.2 Å². The molecule has 30 heavy (non-hydrogen) atoms. The van der Waals surface area contributed by atoms with Gasteiger partial charge in [-0.3, -0.25) is 14.9 Å². The van der Waals surface area contributed by atoms with E-state index < -0.39 is 22.0 Å². The largest absolute Gasteiger partial charge is 0.493 e. The summed E-state index contributed by atoms with van der Waals surface area (Å²) in [7, 11) is 1.52. The molecule has 0 bridgehead atoms. The summed E-state index contributed by atoms with van der Waals surface area (Å²) in [6.45, 7) is 2.40. The fraction of sp³-hybridized carbons (Fsp3) is 0.143. The van der Waals surface area contributed by atoms with Gasteiger partial charge >= 0.3 is 11.2 Å². The van der Waals surface area contributed by atoms with Crippen molar-refractivity contribution >= 4 is 17.8 Å². The first-order valence-electron chi connectivity index (χ1n) is 8.89. The van der Waals surface area contributed by atoms with Crippen molar-refractivity contribution in [2.75, 3.05) is 7.11 Å². The highest BCUT2D eigenvalue weighted by atomic mass is 16.6. The van der Waals surface area contributed by atoms with E-state index in [1.165, 1.54) is 18.7 Å². The number of hydrogen-bond acceptors (Lipinski definition) is 7. The van der Waals surface area contributed by atoms with E-state index in [1.54, 1.807) is 24.3 Å². The lowest BCUT2D eigenvalue weighted by atomic mass is 10.1. The van der Waals surface area contributed by atoms with Crippen LogP contribution in [0, 0.1) is 17.0 Å². The summed E-state index contributed by atoms with van der Waals surface area (Å²) >= 11 is 0. The third-order valence-electron chi connectivity index (χ3n) is 4.21. The van der Waals surface area contributed by atoms with Crippen molar-refractivity contribution < 1.29 is 19.5 Å². The van der Waals surface area contributed by atoms with Gasteiger partial charge in [-0.15, -0.1) is 0 Å². The number of benzene rings is 2. The number of H-pyrrole nitrogens is 1. The summed E-state index contributed by atoms with van der Waals surface area (Å²) in [4.78, 5) is 27.3. The third-order valence-corrected chi connectivity index (χ3v) is 4.21. The molecule has 0 atom stereocenters. The molecule has 0 fully saturated rings. The summed E-state index contributed by atoms with van der Waals surface area (Å²) in [5.74, 6) is 0.106. The summed E-state index contributed by atoms with van der Waals surface area (Å²) in [6, 6.07) is 13.3. The Bertz CT molecular complexity index is 1150. The Balaban J connectivity index is 1.76. The molecule has 9 nitrogen and oxygen atoms in total. The van der Waals surface area contributed by atoms with E-state index in [0.29, 0.717) is 23.7 Å². The zero-order valence-electron chi connectivity index (χ0n) is 16.3. The lowest BCUT2D eigenvalue weighted by Gasteiger charge is -2.11. The number of hydrogen-bond donors (Lipinski definition) is 2. The van der Waals surface area contributed by atoms with Crippen LogP contribution in [0.2, 0.25) is 0 Å². The van der Waals surface area contributed by atoms with Crippen LogP contribution in [0.5, 0.6) is 17.4 Å². The van der Waals surface area contributed by atoms with Crippen molar-refractivity contribution in [3.63, 3.8) is 0 Å². The molecular weight excluding hydrogens is 390 g/mol. The van der Waals surface area contributed by atoms with Crippen LogP contribution in [-0.2, 0) is 6.61 Å². The zero-order chi connectivity index (χ0) is 21.7. The van der Waals surface area contributed by atoms with Crippen molar-refractivity contribution in [3.8, 4) is 17.4 Å². The summed E-state index contributed by atoms with van der Waals surface area (Å²) in [6.07, 6.45) is 3.02. The van der Waals surface area contributed by atoms with Gasteiger partial charge in [-0.1, -0.05) is 42.0 Å². The van der Waals surface area contributed by atoms with Crippen LogP contribution in [0.15, 0.2) is 47.3 Å². The Labute approximate surface area is 171 Å². The van der Waals surface area contributed by atoms with E-state index >= 15 is 0 Å². The highest BCUT2D eigenvalue weighted by Crippen LogP contribution is 2.29. The van der Waals surface area contributed by atoms with Crippen LogP contribution >= 0.6 is 0 Å². The number of aryl methyl sites for hydroxylation is 1. The van der Waals surface area contributed by atoms with E-state index in [4.69, 9.17) is 9.47 Å². The first-order chi connectivity index (χ1) is 14.4. The predicted molar refractivity (Wildman–Crippen MR) is 111 cm³/mol. The van der Waals surface area contributed by atoms with Crippen LogP contribution in [0.25, 0.3) is 12.2 Å². The molecular formula is C21H19N3O6. The molecule has 0 aliphatic rings. The molecule has 0 aliphatic heterocycles. The lowest BCUT2D eigenvalue weighted by Crippen LogP contribution is -2.14. The molecule has 0 saturated carbocycles. The Morgan fingerprint density at radius 3 is 2.53 bits per heavy atom. The molecule has 0 aliphatic carbocycles. The molecule has 3 rings (SSSR count). The number of nitrogens with zero attached hydrogens (tertiary/aromatic N) is 2. The molecule has 1 heterocycles. The maximum Gasteiger partial charge on any atom is 0.395 e. The molecule has 1 aromatic heterocycles. The monoisotopic (exact) mass is 409 g/mol. The van der Waals surface area contributed by atoms with Gasteiger partial charge in [0.25, 0.3) is 5.88 Å². The Morgan fingerprint density at radius 1 is 1.17 bits per heavy atom. The van der Waals surface area contributed by atoms with Crippen molar-refractivity contribution in [2.24, 2.45) is 0 Å². The molecule has 3 aromatic rings. The maximum absolute atomic E-state index is 11.7. The second kappa shape index (κ2) is 8.91. The third kappa shape index (κ3) is 4.82. The van der Waals surface area contributed by atoms with Gasteiger partial charge in [-0.05, 0) is 36.3 Å². The number of aromatic amines is 1. The first kappa shape index (κ1) is 20.6. The predicted octanol–water partition coefficient (Wildman–Crippen LogP) is 3.45. The molecule has 2 N–H and O–H groups in total. The van der Waals surface area contributed by atoms with E-state index in [0.717, 1.165) is 5.56 Å². The average Bonchev–Trinajstić information content (AvgIpc) is 2.71. The quantitative estimate of drug-likeness (QED) is 0.452. The highest BCUT2D eigenvalue weighted by Gasteiger charge is 2.21. The number of rotatable bonds is 7. The Hall–Kier alpha value is -4.14. The number of aromatic hydroxyl groups is 1. The van der Waals surface area contributed by atoms with Crippen molar-refractivity contribution in [3.05, 3.63) is 85.4 Å². The number of aromatic nitrogens is 2. The van der Waals surface area contributed by atoms with E-state index in [-0.39, 0.29) is 5.82 Å². The number of nitrogens with one attached hydrogen (secondary N) is 1. The summed E-state index contributed by atoms with van der Waals surface area (Å²) in [5.41, 5.74) is 0.868. The Morgan fingerprint density at radius 2 is 1.90 bits per heavy atom. The molecule has 0 spiro atoms. The molecule has 0 amide bonds. The molecule has 9 heteroatoms. The van der Waals surface area contributed by atoms with Gasteiger partial charge in [0.1, 0.15) is 12.4 Å². The van der Waals surface area contributed by atoms with E-state index in [2.05, 4.69) is 9.97 Å². The van der Waals surface area contributed by atoms with Crippen molar-refractivity contribution in [1.29, 1.82) is 0 Å². The lowest BCUT2D eigenvalue weighted by molar-refractivity contribution is -0.387. The SMILES string of the molecule is COc1cc(/C=C\c2nc(O)c([N+](=O)[O-])c(=O)[nH]2)ccc1OCc1ccc(C)cc1. The minimum absolute atomic E-state index is 0.0261. The Kier molecular flexibility index (Phi) is 6.11. The normalized spacial score (nSPS) is 10.9.